The van der Waals surface area contributed by atoms with Gasteiger partial charge in [-0.3, -0.25) is 10.1 Å². The van der Waals surface area contributed by atoms with Gasteiger partial charge >= 0.3 is 0 Å². The van der Waals surface area contributed by atoms with Crippen LogP contribution in [0.25, 0.3) is 0 Å². The van der Waals surface area contributed by atoms with E-state index in [1.54, 1.807) is 18.2 Å². The van der Waals surface area contributed by atoms with Gasteiger partial charge in [0.15, 0.2) is 0 Å². The summed E-state index contributed by atoms with van der Waals surface area (Å²) >= 11 is 0. The van der Waals surface area contributed by atoms with Crippen molar-refractivity contribution in [3.05, 3.63) is 87.2 Å². The fourth-order valence-corrected chi connectivity index (χ4v) is 2.49. The second-order valence-electron chi connectivity index (χ2n) is 6.02. The molecule has 0 saturated carbocycles. The summed E-state index contributed by atoms with van der Waals surface area (Å²) in [6, 6.07) is 11.8. The topological polar surface area (TPSA) is 124 Å². The second-order valence-corrected chi connectivity index (χ2v) is 6.02. The van der Waals surface area contributed by atoms with Gasteiger partial charge in [0.05, 0.1) is 23.7 Å². The molecule has 2 rings (SSSR count). The molecule has 0 bridgehead atoms. The Balaban J connectivity index is 2.00. The van der Waals surface area contributed by atoms with Crippen LogP contribution in [0.5, 0.6) is 5.75 Å². The molecule has 0 aromatic heterocycles. The molecule has 0 amide bonds. The Morgan fingerprint density at radius 2 is 1.59 bits per heavy atom. The first-order valence-electron chi connectivity index (χ1n) is 8.34. The number of aliphatic hydroxyl groups is 3. The molecule has 2 atom stereocenters. The number of hydrogen-bond donors (Lipinski definition) is 4. The van der Waals surface area contributed by atoms with Crippen molar-refractivity contribution in [2.75, 3.05) is 6.61 Å². The van der Waals surface area contributed by atoms with Gasteiger partial charge in [0.1, 0.15) is 5.75 Å². The minimum absolute atomic E-state index is 0.0630. The van der Waals surface area contributed by atoms with E-state index in [4.69, 9.17) is 0 Å². The van der Waals surface area contributed by atoms with Crippen molar-refractivity contribution in [1.29, 1.82) is 0 Å². The maximum atomic E-state index is 10.7. The van der Waals surface area contributed by atoms with Gasteiger partial charge in [0.2, 0.25) is 0 Å². The highest BCUT2D eigenvalue weighted by molar-refractivity contribution is 5.34. The zero-order valence-electron chi connectivity index (χ0n) is 14.5. The average molecular weight is 371 g/mol. The quantitative estimate of drug-likeness (QED) is 0.321. The molecule has 0 aliphatic carbocycles. The van der Waals surface area contributed by atoms with Crippen molar-refractivity contribution in [3.63, 3.8) is 0 Å². The lowest BCUT2D eigenvalue weighted by molar-refractivity contribution is -0.384. The third kappa shape index (κ3) is 6.06. The number of benzene rings is 2. The molecule has 0 heterocycles. The summed E-state index contributed by atoms with van der Waals surface area (Å²) in [5.74, 6) is 0.115. The van der Waals surface area contributed by atoms with Gasteiger partial charge in [0, 0.05) is 25.0 Å². The van der Waals surface area contributed by atoms with Gasteiger partial charge in [-0.15, -0.1) is 5.73 Å². The van der Waals surface area contributed by atoms with Gasteiger partial charge in [0.25, 0.3) is 5.69 Å². The second kappa shape index (κ2) is 9.66. The molecule has 27 heavy (non-hydrogen) atoms. The molecule has 0 aliphatic rings. The first-order valence-corrected chi connectivity index (χ1v) is 8.34. The summed E-state index contributed by atoms with van der Waals surface area (Å²) in [6.07, 6.45) is 0.224. The molecule has 0 radical (unpaired) electrons. The van der Waals surface area contributed by atoms with Crippen LogP contribution >= 0.6 is 0 Å². The number of non-ortho nitro benzene ring substituents is 1. The lowest BCUT2D eigenvalue weighted by Gasteiger charge is -2.11. The van der Waals surface area contributed by atoms with Gasteiger partial charge in [-0.1, -0.05) is 12.1 Å². The highest BCUT2D eigenvalue weighted by Crippen LogP contribution is 2.23. The van der Waals surface area contributed by atoms with Crippen LogP contribution in [-0.2, 0) is 0 Å². The zero-order valence-corrected chi connectivity index (χ0v) is 14.5. The predicted octanol–water partition coefficient (Wildman–Crippen LogP) is 2.92. The minimum atomic E-state index is -0.934. The lowest BCUT2D eigenvalue weighted by atomic mass is 10.0. The Morgan fingerprint density at radius 1 is 1.04 bits per heavy atom. The smallest absolute Gasteiger partial charge is 0.269 e. The highest BCUT2D eigenvalue weighted by Gasteiger charge is 2.12. The molecule has 7 heteroatoms. The summed E-state index contributed by atoms with van der Waals surface area (Å²) in [6.45, 7) is -0.310. The third-order valence-electron chi connectivity index (χ3n) is 4.04. The zero-order chi connectivity index (χ0) is 19.8. The van der Waals surface area contributed by atoms with Crippen molar-refractivity contribution in [2.45, 2.75) is 25.0 Å². The Bertz CT molecular complexity index is 823. The summed E-state index contributed by atoms with van der Waals surface area (Å²) in [7, 11) is 0. The number of aliphatic hydroxyl groups excluding tert-OH is 3. The van der Waals surface area contributed by atoms with Crippen LogP contribution in [0, 0.1) is 10.1 Å². The summed E-state index contributed by atoms with van der Waals surface area (Å²) in [5.41, 5.74) is 4.39. The molecule has 0 fully saturated rings. The first kappa shape index (κ1) is 20.4. The molecular formula is C20H21NO6. The van der Waals surface area contributed by atoms with Crippen LogP contribution in [0.3, 0.4) is 0 Å². The van der Waals surface area contributed by atoms with Crippen molar-refractivity contribution in [3.8, 4) is 5.75 Å². The van der Waals surface area contributed by atoms with Crippen molar-refractivity contribution in [2.24, 2.45) is 0 Å². The highest BCUT2D eigenvalue weighted by atomic mass is 16.6. The molecule has 0 aliphatic heterocycles. The van der Waals surface area contributed by atoms with Crippen molar-refractivity contribution >= 4 is 5.69 Å². The first-order chi connectivity index (χ1) is 12.9. The number of nitro benzene ring substituents is 1. The molecular weight excluding hydrogens is 350 g/mol. The molecule has 4 N–H and O–H groups in total. The van der Waals surface area contributed by atoms with E-state index in [-0.39, 0.29) is 30.9 Å². The fraction of sp³-hybridized carbons (Fsp3) is 0.250. The number of nitro groups is 1. The predicted molar refractivity (Wildman–Crippen MR) is 99.0 cm³/mol. The van der Waals surface area contributed by atoms with Gasteiger partial charge < -0.3 is 20.4 Å². The Labute approximate surface area is 156 Å². The lowest BCUT2D eigenvalue weighted by Crippen LogP contribution is -2.02. The van der Waals surface area contributed by atoms with E-state index in [1.807, 2.05) is 0 Å². The maximum Gasteiger partial charge on any atom is 0.269 e. The minimum Gasteiger partial charge on any atom is -0.508 e. The molecule has 2 aromatic rings. The number of rotatable bonds is 8. The average Bonchev–Trinajstić information content (AvgIpc) is 2.67. The molecule has 7 nitrogen and oxygen atoms in total. The van der Waals surface area contributed by atoms with E-state index in [1.165, 1.54) is 36.4 Å². The van der Waals surface area contributed by atoms with E-state index in [0.717, 1.165) is 0 Å². The van der Waals surface area contributed by atoms with Crippen LogP contribution in [0.15, 0.2) is 65.9 Å². The summed E-state index contributed by atoms with van der Waals surface area (Å²) < 4.78 is 0. The van der Waals surface area contributed by atoms with E-state index in [9.17, 15) is 30.5 Å². The molecule has 142 valence electrons. The number of aromatic hydroxyl groups is 1. The maximum absolute atomic E-state index is 10.7. The Hall–Kier alpha value is -2.96. The number of phenolic OH excluding ortho intramolecular Hbond substituents is 1. The van der Waals surface area contributed by atoms with Crippen molar-refractivity contribution in [1.82, 2.24) is 0 Å². The van der Waals surface area contributed by atoms with E-state index in [0.29, 0.717) is 16.7 Å². The molecule has 0 spiro atoms. The monoisotopic (exact) mass is 371 g/mol. The molecule has 0 unspecified atom stereocenters. The number of phenols is 1. The van der Waals surface area contributed by atoms with E-state index >= 15 is 0 Å². The van der Waals surface area contributed by atoms with Crippen molar-refractivity contribution < 1.29 is 25.3 Å². The number of hydrogen-bond acceptors (Lipinski definition) is 6. The van der Waals surface area contributed by atoms with E-state index in [2.05, 4.69) is 5.73 Å². The molecule has 0 saturated heterocycles. The Morgan fingerprint density at radius 3 is 2.15 bits per heavy atom. The van der Waals surface area contributed by atoms with Gasteiger partial charge in [-0.2, -0.15) is 0 Å². The Kier molecular flexibility index (Phi) is 7.28. The van der Waals surface area contributed by atoms with Crippen LogP contribution in [-0.4, -0.2) is 32.0 Å². The fourth-order valence-electron chi connectivity index (χ4n) is 2.49. The van der Waals surface area contributed by atoms with Gasteiger partial charge in [-0.25, -0.2) is 0 Å². The van der Waals surface area contributed by atoms with Crippen LogP contribution < -0.4 is 0 Å². The van der Waals surface area contributed by atoms with Crippen LogP contribution in [0.1, 0.15) is 36.2 Å². The normalized spacial score (nSPS) is 12.7. The largest absolute Gasteiger partial charge is 0.508 e. The van der Waals surface area contributed by atoms with E-state index < -0.39 is 17.1 Å². The summed E-state index contributed by atoms with van der Waals surface area (Å²) in [5, 5.41) is 49.7. The van der Waals surface area contributed by atoms with Crippen LogP contribution in [0.2, 0.25) is 0 Å². The number of nitrogens with zero attached hydrogens (tertiary/aromatic N) is 1. The standard InChI is InChI=1S/C20H21NO6/c22-13-14(2-1-3-19(24)15-6-10-18(23)11-7-15)12-20(25)16-4-8-17(9-5-16)21(26)27/h1,4-11,19-20,22-25H,3,12-13H2/t2?,19-,20-/m1/s1. The van der Waals surface area contributed by atoms with Gasteiger partial charge in [-0.05, 0) is 47.0 Å². The summed E-state index contributed by atoms with van der Waals surface area (Å²) in [4.78, 5) is 10.1. The molecule has 2 aromatic carbocycles. The third-order valence-corrected chi connectivity index (χ3v) is 4.04. The van der Waals surface area contributed by atoms with Crippen LogP contribution in [0.4, 0.5) is 5.69 Å². The SMILES string of the molecule is O=[N+]([O-])c1ccc([C@H](O)CC(=C=CC[C@@H](O)c2ccc(O)cc2)CO)cc1.